The van der Waals surface area contributed by atoms with E-state index < -0.39 is 0 Å². The highest BCUT2D eigenvalue weighted by Gasteiger charge is 2.22. The van der Waals surface area contributed by atoms with Gasteiger partial charge in [0.2, 0.25) is 5.89 Å². The van der Waals surface area contributed by atoms with E-state index in [-0.39, 0.29) is 7.43 Å². The number of nitrogens with zero attached hydrogens (tertiary/aromatic N) is 7. The number of hydrogen-bond acceptors (Lipinski definition) is 8. The number of oxazole rings is 1. The molecule has 8 nitrogen and oxygen atoms in total. The minimum atomic E-state index is 0. The number of aromatic nitrogens is 7. The first-order valence-corrected chi connectivity index (χ1v) is 44.3. The summed E-state index contributed by atoms with van der Waals surface area (Å²) in [5.41, 5.74) is 32.4. The summed E-state index contributed by atoms with van der Waals surface area (Å²) >= 11 is 1.73. The lowest BCUT2D eigenvalue weighted by Gasteiger charge is -2.15. The lowest BCUT2D eigenvalue weighted by atomic mass is 9.92. The fraction of sp³-hybridized carbons (Fsp3) is 0.00826. The third kappa shape index (κ3) is 15.0. The Labute approximate surface area is 756 Å². The van der Waals surface area contributed by atoms with Crippen molar-refractivity contribution < 1.29 is 4.42 Å². The van der Waals surface area contributed by atoms with Crippen LogP contribution < -0.4 is 0 Å². The van der Waals surface area contributed by atoms with E-state index >= 15 is 0 Å². The van der Waals surface area contributed by atoms with E-state index in [1.165, 1.54) is 54.2 Å². The number of pyridine rings is 3. The first kappa shape index (κ1) is 79.0. The van der Waals surface area contributed by atoms with E-state index in [1.807, 2.05) is 48.5 Å². The summed E-state index contributed by atoms with van der Waals surface area (Å²) in [4.78, 5) is 30.4. The molecule has 0 aliphatic rings. The Hall–Kier alpha value is -17.0. The summed E-state index contributed by atoms with van der Waals surface area (Å²) in [5, 5.41) is 11.7. The van der Waals surface area contributed by atoms with E-state index in [4.69, 9.17) is 29.3 Å². The standard InChI is InChI=1S/C44H29N3.C38H24N2O.C38H24N2S.CH4/c1-4-13-31(14-5-1)36-19-12-20-38-42(36)37-28-27-34(29-40(37)45-43(38)32-15-6-2-7-16-32)30-23-25-33(26-24-30)44-46-39-21-10-11-22-41(39)47(44)35-17-8-3-9-18-35;2*1-3-10-26(11-4-1)30-14-9-15-32-36(30)31-23-22-29(24-34(31)39-37(32)27-12-5-2-6-13-27)25-18-20-28(21-19-25)38-40-33-16-7-8-17-35(33)41-38;/h1-29H;2*1-24H;1H4. The maximum Gasteiger partial charge on any atom is 0.227 e. The molecule has 9 heteroatoms. The fourth-order valence-corrected chi connectivity index (χ4v) is 19.2. The molecule has 6 heterocycles. The third-order valence-corrected chi connectivity index (χ3v) is 25.5. The minimum absolute atomic E-state index is 0. The van der Waals surface area contributed by atoms with Gasteiger partial charge in [-0.15, -0.1) is 11.3 Å². The van der Waals surface area contributed by atoms with Crippen LogP contribution in [0, 0.1) is 0 Å². The molecule has 0 aliphatic carbocycles. The van der Waals surface area contributed by atoms with Crippen molar-refractivity contribution in [3.8, 4) is 140 Å². The van der Waals surface area contributed by atoms with Crippen LogP contribution in [-0.2, 0) is 0 Å². The average Bonchev–Trinajstić information content (AvgIpc) is 1.26. The van der Waals surface area contributed by atoms with Crippen LogP contribution in [0.25, 0.3) is 237 Å². The van der Waals surface area contributed by atoms with Crippen LogP contribution >= 0.6 is 11.3 Å². The Morgan fingerprint density at radius 3 is 0.962 bits per heavy atom. The number of hydrogen-bond donors (Lipinski definition) is 0. The van der Waals surface area contributed by atoms with Crippen molar-refractivity contribution in [1.82, 2.24) is 34.5 Å². The summed E-state index contributed by atoms with van der Waals surface area (Å²) in [6.45, 7) is 0. The summed E-state index contributed by atoms with van der Waals surface area (Å²) < 4.78 is 9.43. The molecule has 25 aromatic rings. The highest BCUT2D eigenvalue weighted by molar-refractivity contribution is 7.21. The number of thiazole rings is 1. The summed E-state index contributed by atoms with van der Waals surface area (Å²) in [7, 11) is 0. The molecule has 0 radical (unpaired) electrons. The van der Waals surface area contributed by atoms with Crippen molar-refractivity contribution in [2.45, 2.75) is 7.43 Å². The van der Waals surface area contributed by atoms with Crippen LogP contribution in [0.5, 0.6) is 0 Å². The van der Waals surface area contributed by atoms with Gasteiger partial charge in [-0.1, -0.05) is 396 Å². The summed E-state index contributed by atoms with van der Waals surface area (Å²) in [5.74, 6) is 1.56. The van der Waals surface area contributed by atoms with Crippen LogP contribution in [0.3, 0.4) is 0 Å². The van der Waals surface area contributed by atoms with Crippen LogP contribution in [-0.4, -0.2) is 34.5 Å². The van der Waals surface area contributed by atoms with Gasteiger partial charge in [0, 0.05) is 87.5 Å². The van der Waals surface area contributed by atoms with Crippen LogP contribution in [0.15, 0.2) is 472 Å². The monoisotopic (exact) mass is 1680 g/mol. The molecule has 25 rings (SSSR count). The van der Waals surface area contributed by atoms with Crippen LogP contribution in [0.2, 0.25) is 0 Å². The van der Waals surface area contributed by atoms with Gasteiger partial charge in [0.25, 0.3) is 0 Å². The van der Waals surface area contributed by atoms with Crippen molar-refractivity contribution in [2.24, 2.45) is 0 Å². The molecule has 0 unspecified atom stereocenters. The largest absolute Gasteiger partial charge is 0.436 e. The van der Waals surface area contributed by atoms with E-state index in [0.717, 1.165) is 177 Å². The Bertz CT molecular complexity index is 8100. The smallest absolute Gasteiger partial charge is 0.227 e. The molecule has 0 aliphatic heterocycles. The highest BCUT2D eigenvalue weighted by Crippen LogP contribution is 2.46. The zero-order valence-corrected chi connectivity index (χ0v) is 70.7. The first-order chi connectivity index (χ1) is 63.9. The molecule has 0 fully saturated rings. The lowest BCUT2D eigenvalue weighted by Crippen LogP contribution is -1.97. The van der Waals surface area contributed by atoms with Gasteiger partial charge in [-0.3, -0.25) is 4.57 Å². The zero-order chi connectivity index (χ0) is 85.5. The van der Waals surface area contributed by atoms with Crippen LogP contribution in [0.1, 0.15) is 7.43 Å². The van der Waals surface area contributed by atoms with Gasteiger partial charge in [-0.2, -0.15) is 0 Å². The minimum Gasteiger partial charge on any atom is -0.436 e. The molecule has 0 spiro atoms. The Morgan fingerprint density at radius 2 is 0.546 bits per heavy atom. The summed E-state index contributed by atoms with van der Waals surface area (Å²) in [6.07, 6.45) is 0. The van der Waals surface area contributed by atoms with Gasteiger partial charge in [-0.05, 0) is 146 Å². The SMILES string of the molecule is C.c1ccc(-c2nc3cc(-c4ccc(-c5nc6ccccc6n5-c5ccccc5)cc4)ccc3c3c(-c4ccccc4)cccc23)cc1.c1ccc(-c2nc3cc(-c4ccc(-c5nc6ccccc6o5)cc4)ccc3c3c(-c4ccccc4)cccc23)cc1.c1ccc(-c2nc3cc(-c4ccc(-c5nc6ccccc6s5)cc4)ccc3c3c(-c4ccccc4)cccc23)cc1. The fourth-order valence-electron chi connectivity index (χ4n) is 18.2. The molecule has 0 amide bonds. The molecule has 19 aromatic carbocycles. The van der Waals surface area contributed by atoms with Gasteiger partial charge in [-0.25, -0.2) is 29.9 Å². The number of rotatable bonds is 13. The number of imidazole rings is 1. The second kappa shape index (κ2) is 34.5. The zero-order valence-electron chi connectivity index (χ0n) is 69.9. The second-order valence-electron chi connectivity index (χ2n) is 32.3. The lowest BCUT2D eigenvalue weighted by molar-refractivity contribution is 0.620. The normalized spacial score (nSPS) is 11.3. The molecule has 0 N–H and O–H groups in total. The Kier molecular flexibility index (Phi) is 21.0. The van der Waals surface area contributed by atoms with Crippen molar-refractivity contribution >= 4 is 109 Å². The molecular weight excluding hydrogens is 1600 g/mol. The summed E-state index contributed by atoms with van der Waals surface area (Å²) in [6, 6.07) is 164. The Balaban J connectivity index is 0.000000114. The van der Waals surface area contributed by atoms with Gasteiger partial charge in [0.05, 0.1) is 54.9 Å². The van der Waals surface area contributed by atoms with E-state index in [0.29, 0.717) is 5.89 Å². The van der Waals surface area contributed by atoms with Gasteiger partial charge >= 0.3 is 0 Å². The quantitative estimate of drug-likeness (QED) is 0.106. The molecule has 0 saturated heterocycles. The van der Waals surface area contributed by atoms with Gasteiger partial charge in [0.15, 0.2) is 5.58 Å². The Morgan fingerprint density at radius 1 is 0.208 bits per heavy atom. The molecule has 0 bridgehead atoms. The number of fused-ring (bicyclic) bond motifs is 12. The predicted octanol–water partition coefficient (Wildman–Crippen LogP) is 32.9. The predicted molar refractivity (Wildman–Crippen MR) is 545 cm³/mol. The molecular formula is C121H81N7OS. The number of para-hydroxylation sites is 6. The van der Waals surface area contributed by atoms with Crippen molar-refractivity contribution in [3.05, 3.63) is 467 Å². The molecule has 0 saturated carbocycles. The van der Waals surface area contributed by atoms with Crippen molar-refractivity contribution in [3.63, 3.8) is 0 Å². The molecule has 612 valence electrons. The van der Waals surface area contributed by atoms with Crippen molar-refractivity contribution in [2.75, 3.05) is 0 Å². The third-order valence-electron chi connectivity index (χ3n) is 24.4. The topological polar surface area (TPSA) is 95.4 Å². The van der Waals surface area contributed by atoms with Crippen molar-refractivity contribution in [1.29, 1.82) is 0 Å². The highest BCUT2D eigenvalue weighted by atomic mass is 32.1. The van der Waals surface area contributed by atoms with Gasteiger partial charge in [0.1, 0.15) is 16.3 Å². The maximum absolute atomic E-state index is 5.98. The first-order valence-electron chi connectivity index (χ1n) is 43.4. The van der Waals surface area contributed by atoms with Crippen LogP contribution in [0.4, 0.5) is 0 Å². The second-order valence-corrected chi connectivity index (χ2v) is 33.3. The van der Waals surface area contributed by atoms with E-state index in [1.54, 1.807) is 11.3 Å². The molecule has 130 heavy (non-hydrogen) atoms. The average molecular weight is 1680 g/mol. The molecule has 0 atom stereocenters. The van der Waals surface area contributed by atoms with E-state index in [2.05, 4.69) is 428 Å². The van der Waals surface area contributed by atoms with E-state index in [9.17, 15) is 0 Å². The van der Waals surface area contributed by atoms with Gasteiger partial charge < -0.3 is 4.42 Å². The number of benzene rings is 19. The molecule has 6 aromatic heterocycles. The maximum atomic E-state index is 5.98.